The first-order valence-corrected chi connectivity index (χ1v) is 12.3. The monoisotopic (exact) mass is 475 g/mol. The van der Waals surface area contributed by atoms with Gasteiger partial charge in [-0.2, -0.15) is 0 Å². The third-order valence-corrected chi connectivity index (χ3v) is 8.10. The van der Waals surface area contributed by atoms with E-state index in [1.54, 1.807) is 14.0 Å². The minimum absolute atomic E-state index is 0.109. The lowest BCUT2D eigenvalue weighted by atomic mass is 9.82. The van der Waals surface area contributed by atoms with E-state index < -0.39 is 9.84 Å². The van der Waals surface area contributed by atoms with Crippen LogP contribution in [-0.4, -0.2) is 40.1 Å². The molecule has 0 aliphatic carbocycles. The fourth-order valence-corrected chi connectivity index (χ4v) is 6.30. The topological polar surface area (TPSA) is 46.6 Å². The van der Waals surface area contributed by atoms with E-state index in [2.05, 4.69) is 0 Å². The molecule has 4 rings (SSSR count). The third kappa shape index (κ3) is 5.40. The van der Waals surface area contributed by atoms with Gasteiger partial charge in [0, 0.05) is 18.5 Å². The molecule has 0 atom stereocenters. The Hall–Kier alpha value is -1.50. The largest absolute Gasteiger partial charge is 0.495 e. The molecule has 1 spiro atoms. The van der Waals surface area contributed by atoms with Gasteiger partial charge in [-0.15, -0.1) is 0 Å². The van der Waals surface area contributed by atoms with Crippen LogP contribution < -0.4 is 9.64 Å². The summed E-state index contributed by atoms with van der Waals surface area (Å²) in [6.07, 6.45) is 0. The Kier molecular flexibility index (Phi) is 8.05. The Morgan fingerprint density at radius 2 is 1.63 bits per heavy atom. The summed E-state index contributed by atoms with van der Waals surface area (Å²) < 4.78 is 40.8. The Labute approximate surface area is 188 Å². The first-order valence-electron chi connectivity index (χ1n) is 9.76. The summed E-state index contributed by atoms with van der Waals surface area (Å²) >= 11 is 12.0. The molecule has 4 nitrogen and oxygen atoms in total. The second-order valence-electron chi connectivity index (χ2n) is 7.54. The Bertz CT molecular complexity index is 992. The molecular weight excluding hydrogens is 448 g/mol. The molecule has 0 amide bonds. The maximum atomic E-state index is 13.4. The van der Waals surface area contributed by atoms with Crippen LogP contribution in [-0.2, 0) is 9.84 Å². The fraction of sp³-hybridized carbons (Fsp3) is 0.455. The van der Waals surface area contributed by atoms with Crippen molar-refractivity contribution in [2.45, 2.75) is 27.7 Å². The number of hydrogen-bond acceptors (Lipinski definition) is 4. The molecule has 0 aromatic heterocycles. The van der Waals surface area contributed by atoms with Crippen molar-refractivity contribution in [3.8, 4) is 5.75 Å². The molecule has 2 aliphatic rings. The molecule has 2 fully saturated rings. The number of benzene rings is 2. The molecule has 8 heteroatoms. The number of hydrogen-bond donors (Lipinski definition) is 0. The van der Waals surface area contributed by atoms with Crippen molar-refractivity contribution in [3.05, 3.63) is 57.3 Å². The quantitative estimate of drug-likeness (QED) is 0.558. The van der Waals surface area contributed by atoms with Gasteiger partial charge < -0.3 is 9.64 Å². The van der Waals surface area contributed by atoms with Crippen LogP contribution in [0.5, 0.6) is 5.75 Å². The van der Waals surface area contributed by atoms with E-state index >= 15 is 0 Å². The van der Waals surface area contributed by atoms with Crippen LogP contribution in [0.3, 0.4) is 0 Å². The van der Waals surface area contributed by atoms with E-state index in [1.807, 2.05) is 43.9 Å². The van der Waals surface area contributed by atoms with E-state index in [9.17, 15) is 12.8 Å². The predicted molar refractivity (Wildman–Crippen MR) is 124 cm³/mol. The van der Waals surface area contributed by atoms with Gasteiger partial charge in [-0.25, -0.2) is 12.8 Å². The highest BCUT2D eigenvalue weighted by atomic mass is 35.5. The highest BCUT2D eigenvalue weighted by molar-refractivity contribution is 7.92. The van der Waals surface area contributed by atoms with Gasteiger partial charge >= 0.3 is 0 Å². The van der Waals surface area contributed by atoms with Crippen LogP contribution in [0.4, 0.5) is 10.1 Å². The number of sulfone groups is 1. The summed E-state index contributed by atoms with van der Waals surface area (Å²) in [5.74, 6) is 0.931. The summed E-state index contributed by atoms with van der Waals surface area (Å²) in [6, 6.07) is 8.52. The van der Waals surface area contributed by atoms with Crippen molar-refractivity contribution >= 4 is 38.7 Å². The number of aryl methyl sites for hydroxylation is 2. The first kappa shape index (κ1) is 24.8. The normalized spacial score (nSPS) is 17.5. The van der Waals surface area contributed by atoms with Gasteiger partial charge in [0.05, 0.1) is 34.3 Å². The molecule has 2 aromatic carbocycles. The number of anilines is 1. The van der Waals surface area contributed by atoms with E-state index in [0.29, 0.717) is 34.4 Å². The molecule has 0 radical (unpaired) electrons. The molecule has 2 saturated heterocycles. The molecule has 2 aliphatic heterocycles. The average Bonchev–Trinajstić information content (AvgIpc) is 2.65. The zero-order valence-corrected chi connectivity index (χ0v) is 20.3. The van der Waals surface area contributed by atoms with Crippen molar-refractivity contribution in [1.29, 1.82) is 0 Å². The van der Waals surface area contributed by atoms with Crippen LogP contribution in [0, 0.1) is 25.1 Å². The van der Waals surface area contributed by atoms with Crippen molar-refractivity contribution < 1.29 is 17.5 Å². The lowest BCUT2D eigenvalue weighted by Crippen LogP contribution is -2.68. The minimum Gasteiger partial charge on any atom is -0.495 e. The fourth-order valence-electron chi connectivity index (χ4n) is 3.72. The van der Waals surface area contributed by atoms with Gasteiger partial charge in [-0.3, -0.25) is 0 Å². The number of methoxy groups -OCH3 is 1. The van der Waals surface area contributed by atoms with Gasteiger partial charge in [0.25, 0.3) is 0 Å². The van der Waals surface area contributed by atoms with Gasteiger partial charge in [0.2, 0.25) is 0 Å². The molecule has 2 aromatic rings. The third-order valence-electron chi connectivity index (χ3n) is 5.02. The highest BCUT2D eigenvalue weighted by Crippen LogP contribution is 2.45. The lowest BCUT2D eigenvalue weighted by molar-refractivity contribution is 0.254. The van der Waals surface area contributed by atoms with Gasteiger partial charge in [0.15, 0.2) is 9.84 Å². The molecule has 0 unspecified atom stereocenters. The van der Waals surface area contributed by atoms with Crippen LogP contribution in [0.1, 0.15) is 25.0 Å². The maximum absolute atomic E-state index is 13.4. The number of rotatable bonds is 2. The van der Waals surface area contributed by atoms with Crippen LogP contribution in [0.2, 0.25) is 10.0 Å². The lowest BCUT2D eigenvalue weighted by Gasteiger charge is -2.56. The Morgan fingerprint density at radius 1 is 1.03 bits per heavy atom. The van der Waals surface area contributed by atoms with E-state index in [0.717, 1.165) is 11.3 Å². The zero-order chi connectivity index (χ0) is 22.7. The number of ether oxygens (including phenoxy) is 1. The molecular formula is C22H28Cl2FNO3S. The van der Waals surface area contributed by atoms with Crippen molar-refractivity contribution in [2.24, 2.45) is 5.41 Å². The van der Waals surface area contributed by atoms with Gasteiger partial charge in [0.1, 0.15) is 11.6 Å². The molecule has 30 heavy (non-hydrogen) atoms. The number of nitrogens with zero attached hydrogens (tertiary/aromatic N) is 1. The van der Waals surface area contributed by atoms with Crippen LogP contribution >= 0.6 is 23.2 Å². The smallest absolute Gasteiger partial charge is 0.151 e. The van der Waals surface area contributed by atoms with Crippen molar-refractivity contribution in [3.63, 3.8) is 0 Å². The first-order chi connectivity index (χ1) is 14.1. The van der Waals surface area contributed by atoms with Crippen LogP contribution in [0.15, 0.2) is 30.3 Å². The van der Waals surface area contributed by atoms with Crippen LogP contribution in [0.25, 0.3) is 0 Å². The molecule has 166 valence electrons. The standard InChI is InChI=1S/C12H13ClFNO2S.C8H9ClO.C2H6/c1-8-2-9(14)3-10(11(8)13)15-4-12(5-15)6-18(16,17)7-12;1-6-4-3-5-7(10-2)8(6)9;1-2/h2-3H,4-7H2,1H3;3-5H,1-2H3;1-2H3. The molecule has 0 N–H and O–H groups in total. The summed E-state index contributed by atoms with van der Waals surface area (Å²) in [4.78, 5) is 1.95. The number of halogens is 3. The average molecular weight is 476 g/mol. The molecule has 0 bridgehead atoms. The second-order valence-corrected chi connectivity index (χ2v) is 10.4. The van der Waals surface area contributed by atoms with E-state index in [-0.39, 0.29) is 22.7 Å². The summed E-state index contributed by atoms with van der Waals surface area (Å²) in [7, 11) is -1.20. The minimum atomic E-state index is -2.82. The Morgan fingerprint density at radius 3 is 2.13 bits per heavy atom. The summed E-state index contributed by atoms with van der Waals surface area (Å²) in [5.41, 5.74) is 2.31. The maximum Gasteiger partial charge on any atom is 0.151 e. The molecule has 2 heterocycles. The molecule has 0 saturated carbocycles. The predicted octanol–water partition coefficient (Wildman–Crippen LogP) is 5.71. The van der Waals surface area contributed by atoms with Gasteiger partial charge in [-0.05, 0) is 43.2 Å². The highest BCUT2D eigenvalue weighted by Gasteiger charge is 2.56. The Balaban J connectivity index is 0.000000228. The van der Waals surface area contributed by atoms with E-state index in [1.165, 1.54) is 12.1 Å². The van der Waals surface area contributed by atoms with E-state index in [4.69, 9.17) is 27.9 Å². The van der Waals surface area contributed by atoms with Gasteiger partial charge in [-0.1, -0.05) is 49.2 Å². The van der Waals surface area contributed by atoms with Crippen molar-refractivity contribution in [1.82, 2.24) is 0 Å². The summed E-state index contributed by atoms with van der Waals surface area (Å²) in [6.45, 7) is 9.01. The van der Waals surface area contributed by atoms with Crippen molar-refractivity contribution in [2.75, 3.05) is 36.6 Å². The second kappa shape index (κ2) is 9.75. The zero-order valence-electron chi connectivity index (χ0n) is 17.9. The SMILES string of the molecule is CC.COc1cccc(C)c1Cl.Cc1cc(F)cc(N2CC3(C2)CS(=O)(=O)C3)c1Cl. The summed E-state index contributed by atoms with van der Waals surface area (Å²) in [5, 5.41) is 1.25.